The molecule has 72 valence electrons. The molecule has 13 heavy (non-hydrogen) atoms. The van der Waals surface area contributed by atoms with Gasteiger partial charge in [-0.2, -0.15) is 0 Å². The van der Waals surface area contributed by atoms with Gasteiger partial charge >= 0.3 is 0 Å². The zero-order chi connectivity index (χ0) is 10.1. The Kier molecular flexibility index (Phi) is 2.91. The van der Waals surface area contributed by atoms with Gasteiger partial charge in [0, 0.05) is 0 Å². The Labute approximate surface area is 80.6 Å². The lowest BCUT2D eigenvalue weighted by molar-refractivity contribution is -0.00232. The molecule has 0 saturated carbocycles. The van der Waals surface area contributed by atoms with Crippen LogP contribution in [0.15, 0.2) is 18.2 Å². The summed E-state index contributed by atoms with van der Waals surface area (Å²) in [6.07, 6.45) is 0. The van der Waals surface area contributed by atoms with E-state index in [2.05, 4.69) is 0 Å². The van der Waals surface area contributed by atoms with Crippen LogP contribution in [0.1, 0.15) is 12.5 Å². The summed E-state index contributed by atoms with van der Waals surface area (Å²) in [5, 5.41) is 18.3. The Morgan fingerprint density at radius 3 is 2.62 bits per heavy atom. The molecule has 4 heteroatoms. The molecule has 1 aromatic rings. The standard InChI is InChI=1S/C9H10ClFO2/c1-9(13,5-12)6-2-3-8(11)7(10)4-6/h2-4,12-13H,5H2,1H3. The highest BCUT2D eigenvalue weighted by atomic mass is 35.5. The van der Waals surface area contributed by atoms with Crippen molar-refractivity contribution < 1.29 is 14.6 Å². The van der Waals surface area contributed by atoms with Crippen LogP contribution in [0.5, 0.6) is 0 Å². The van der Waals surface area contributed by atoms with Gasteiger partial charge in [0.15, 0.2) is 0 Å². The summed E-state index contributed by atoms with van der Waals surface area (Å²) in [6, 6.07) is 3.84. The number of halogens is 2. The van der Waals surface area contributed by atoms with E-state index < -0.39 is 18.0 Å². The predicted octanol–water partition coefficient (Wildman–Crippen LogP) is 1.68. The van der Waals surface area contributed by atoms with Crippen LogP contribution in [0.2, 0.25) is 5.02 Å². The Balaban J connectivity index is 3.10. The fourth-order valence-electron chi connectivity index (χ4n) is 0.922. The van der Waals surface area contributed by atoms with Crippen LogP contribution >= 0.6 is 11.6 Å². The maximum Gasteiger partial charge on any atom is 0.141 e. The number of hydrogen-bond acceptors (Lipinski definition) is 2. The maximum atomic E-state index is 12.7. The zero-order valence-corrected chi connectivity index (χ0v) is 7.85. The fourth-order valence-corrected chi connectivity index (χ4v) is 1.10. The van der Waals surface area contributed by atoms with E-state index in [0.717, 1.165) is 6.07 Å². The first-order valence-corrected chi connectivity index (χ1v) is 4.14. The molecule has 1 atom stereocenters. The van der Waals surface area contributed by atoms with Gasteiger partial charge in [-0.05, 0) is 24.6 Å². The highest BCUT2D eigenvalue weighted by Crippen LogP contribution is 2.24. The van der Waals surface area contributed by atoms with Crippen LogP contribution in [0.25, 0.3) is 0 Å². The first-order chi connectivity index (χ1) is 5.97. The lowest BCUT2D eigenvalue weighted by Crippen LogP contribution is -2.25. The van der Waals surface area contributed by atoms with E-state index in [9.17, 15) is 9.50 Å². The molecule has 1 unspecified atom stereocenters. The van der Waals surface area contributed by atoms with Gasteiger partial charge in [-0.1, -0.05) is 17.7 Å². The number of benzene rings is 1. The van der Waals surface area contributed by atoms with Crippen molar-refractivity contribution in [3.63, 3.8) is 0 Å². The highest BCUT2D eigenvalue weighted by Gasteiger charge is 2.22. The molecule has 0 fully saturated rings. The lowest BCUT2D eigenvalue weighted by atomic mass is 9.97. The van der Waals surface area contributed by atoms with E-state index in [1.54, 1.807) is 0 Å². The maximum absolute atomic E-state index is 12.7. The molecule has 0 aliphatic carbocycles. The topological polar surface area (TPSA) is 40.5 Å². The third-order valence-electron chi connectivity index (χ3n) is 1.85. The van der Waals surface area contributed by atoms with Gasteiger partial charge in [-0.3, -0.25) is 0 Å². The molecule has 2 N–H and O–H groups in total. The monoisotopic (exact) mass is 204 g/mol. The van der Waals surface area contributed by atoms with Gasteiger partial charge in [0.1, 0.15) is 11.4 Å². The Morgan fingerprint density at radius 1 is 1.54 bits per heavy atom. The van der Waals surface area contributed by atoms with Crippen molar-refractivity contribution >= 4 is 11.6 Å². The molecule has 0 radical (unpaired) electrons. The molecular weight excluding hydrogens is 195 g/mol. The Hall–Kier alpha value is -0.640. The molecule has 0 spiro atoms. The summed E-state index contributed by atoms with van der Waals surface area (Å²) < 4.78 is 12.7. The molecule has 0 saturated heterocycles. The average Bonchev–Trinajstić information content (AvgIpc) is 2.09. The first kappa shape index (κ1) is 10.4. The zero-order valence-electron chi connectivity index (χ0n) is 7.09. The van der Waals surface area contributed by atoms with Crippen LogP contribution in [-0.4, -0.2) is 16.8 Å². The van der Waals surface area contributed by atoms with Gasteiger partial charge in [0.2, 0.25) is 0 Å². The normalized spacial score (nSPS) is 15.5. The second-order valence-corrected chi connectivity index (χ2v) is 3.47. The van der Waals surface area contributed by atoms with E-state index in [1.807, 2.05) is 0 Å². The van der Waals surface area contributed by atoms with E-state index in [1.165, 1.54) is 19.1 Å². The first-order valence-electron chi connectivity index (χ1n) is 3.76. The van der Waals surface area contributed by atoms with Gasteiger partial charge < -0.3 is 10.2 Å². The van der Waals surface area contributed by atoms with E-state index in [4.69, 9.17) is 16.7 Å². The fraction of sp³-hybridized carbons (Fsp3) is 0.333. The van der Waals surface area contributed by atoms with E-state index >= 15 is 0 Å². The van der Waals surface area contributed by atoms with Crippen molar-refractivity contribution in [1.82, 2.24) is 0 Å². The summed E-state index contributed by atoms with van der Waals surface area (Å²) in [7, 11) is 0. The Bertz CT molecular complexity index is 312. The average molecular weight is 205 g/mol. The SMILES string of the molecule is CC(O)(CO)c1ccc(F)c(Cl)c1. The minimum atomic E-state index is -1.38. The van der Waals surface area contributed by atoms with Crippen molar-refractivity contribution in [3.8, 4) is 0 Å². The Morgan fingerprint density at radius 2 is 2.15 bits per heavy atom. The van der Waals surface area contributed by atoms with Crippen LogP contribution in [0.3, 0.4) is 0 Å². The molecular formula is C9H10ClFO2. The summed E-state index contributed by atoms with van der Waals surface area (Å²) in [5.74, 6) is -0.542. The molecule has 2 nitrogen and oxygen atoms in total. The number of aliphatic hydroxyl groups excluding tert-OH is 1. The summed E-state index contributed by atoms with van der Waals surface area (Å²) in [5.41, 5.74) is -0.987. The minimum absolute atomic E-state index is 0.0637. The minimum Gasteiger partial charge on any atom is -0.393 e. The van der Waals surface area contributed by atoms with Gasteiger partial charge in [0.05, 0.1) is 11.6 Å². The highest BCUT2D eigenvalue weighted by molar-refractivity contribution is 6.30. The van der Waals surface area contributed by atoms with Crippen molar-refractivity contribution in [3.05, 3.63) is 34.6 Å². The molecule has 0 aliphatic rings. The van der Waals surface area contributed by atoms with Gasteiger partial charge in [0.25, 0.3) is 0 Å². The number of aliphatic hydroxyl groups is 2. The van der Waals surface area contributed by atoms with E-state index in [0.29, 0.717) is 5.56 Å². The van der Waals surface area contributed by atoms with Crippen molar-refractivity contribution in [1.29, 1.82) is 0 Å². The second-order valence-electron chi connectivity index (χ2n) is 3.06. The third kappa shape index (κ3) is 2.18. The molecule has 0 aliphatic heterocycles. The largest absolute Gasteiger partial charge is 0.393 e. The molecule has 1 rings (SSSR count). The summed E-state index contributed by atoms with van der Waals surface area (Å²) in [6.45, 7) is 0.992. The van der Waals surface area contributed by atoms with Crippen LogP contribution in [-0.2, 0) is 5.60 Å². The van der Waals surface area contributed by atoms with Gasteiger partial charge in [-0.25, -0.2) is 4.39 Å². The quantitative estimate of drug-likeness (QED) is 0.770. The van der Waals surface area contributed by atoms with Crippen LogP contribution < -0.4 is 0 Å². The number of rotatable bonds is 2. The van der Waals surface area contributed by atoms with Crippen molar-refractivity contribution in [2.75, 3.05) is 6.61 Å². The molecule has 0 aromatic heterocycles. The lowest BCUT2D eigenvalue weighted by Gasteiger charge is -2.20. The number of hydrogen-bond donors (Lipinski definition) is 2. The predicted molar refractivity (Wildman–Crippen MR) is 48.1 cm³/mol. The van der Waals surface area contributed by atoms with Gasteiger partial charge in [-0.15, -0.1) is 0 Å². The third-order valence-corrected chi connectivity index (χ3v) is 2.14. The second kappa shape index (κ2) is 3.62. The smallest absolute Gasteiger partial charge is 0.141 e. The summed E-state index contributed by atoms with van der Waals surface area (Å²) in [4.78, 5) is 0. The molecule has 0 amide bonds. The molecule has 0 heterocycles. The molecule has 1 aromatic carbocycles. The van der Waals surface area contributed by atoms with Crippen molar-refractivity contribution in [2.24, 2.45) is 0 Å². The van der Waals surface area contributed by atoms with Crippen molar-refractivity contribution in [2.45, 2.75) is 12.5 Å². The molecule has 0 bridgehead atoms. The van der Waals surface area contributed by atoms with E-state index in [-0.39, 0.29) is 5.02 Å². The van der Waals surface area contributed by atoms with Crippen LogP contribution in [0.4, 0.5) is 4.39 Å². The summed E-state index contributed by atoms with van der Waals surface area (Å²) >= 11 is 5.51. The van der Waals surface area contributed by atoms with Crippen LogP contribution in [0, 0.1) is 5.82 Å².